The number of rotatable bonds is 6. The second-order valence-electron chi connectivity index (χ2n) is 9.00. The van der Waals surface area contributed by atoms with Gasteiger partial charge in [0.2, 0.25) is 0 Å². The molecular formula is C28H28F2N4O2. The minimum atomic E-state index is -0.384. The third kappa shape index (κ3) is 5.09. The van der Waals surface area contributed by atoms with E-state index in [9.17, 15) is 13.6 Å². The number of carbonyl (C=O) groups excluding carboxylic acids is 1. The summed E-state index contributed by atoms with van der Waals surface area (Å²) in [6, 6.07) is 20.2. The number of para-hydroxylation sites is 1. The molecule has 0 aliphatic carbocycles. The molecule has 1 saturated heterocycles. The number of methoxy groups -OCH3 is 1. The van der Waals surface area contributed by atoms with Gasteiger partial charge in [0.05, 0.1) is 31.1 Å². The van der Waals surface area contributed by atoms with Crippen LogP contribution in [-0.2, 0) is 4.79 Å². The van der Waals surface area contributed by atoms with Crippen LogP contribution in [0.5, 0.6) is 5.75 Å². The van der Waals surface area contributed by atoms with E-state index in [-0.39, 0.29) is 30.1 Å². The van der Waals surface area contributed by atoms with E-state index in [2.05, 4.69) is 4.90 Å². The normalized spacial score (nSPS) is 18.3. The van der Waals surface area contributed by atoms with E-state index in [1.807, 2.05) is 41.3 Å². The van der Waals surface area contributed by atoms with Gasteiger partial charge >= 0.3 is 0 Å². The van der Waals surface area contributed by atoms with E-state index in [0.29, 0.717) is 43.9 Å². The third-order valence-corrected chi connectivity index (χ3v) is 6.75. The van der Waals surface area contributed by atoms with Crippen molar-refractivity contribution >= 4 is 17.3 Å². The molecule has 6 nitrogen and oxygen atoms in total. The SMILES string of the molecule is COc1ccc(C2=NN(C(=O)CN3CCN(c4ccccc4F)CC3)C(c3cccc(F)c3)C2)cc1. The lowest BCUT2D eigenvalue weighted by Gasteiger charge is -2.36. The minimum Gasteiger partial charge on any atom is -0.497 e. The average molecular weight is 491 g/mol. The Morgan fingerprint density at radius 3 is 2.42 bits per heavy atom. The summed E-state index contributed by atoms with van der Waals surface area (Å²) in [6.45, 7) is 2.71. The number of hydrazone groups is 1. The second kappa shape index (κ2) is 10.5. The summed E-state index contributed by atoms with van der Waals surface area (Å²) in [5.74, 6) is 0.00749. The predicted octanol–water partition coefficient (Wildman–Crippen LogP) is 4.47. The Morgan fingerprint density at radius 1 is 0.972 bits per heavy atom. The molecule has 0 spiro atoms. The van der Waals surface area contributed by atoms with Crippen LogP contribution in [0.2, 0.25) is 0 Å². The van der Waals surface area contributed by atoms with Gasteiger partial charge < -0.3 is 9.64 Å². The number of ether oxygens (including phenoxy) is 1. The van der Waals surface area contributed by atoms with Crippen LogP contribution in [0.15, 0.2) is 77.9 Å². The first-order chi connectivity index (χ1) is 17.5. The molecule has 1 atom stereocenters. The van der Waals surface area contributed by atoms with Gasteiger partial charge in [-0.05, 0) is 59.7 Å². The van der Waals surface area contributed by atoms with Crippen LogP contribution in [0.25, 0.3) is 0 Å². The van der Waals surface area contributed by atoms with Crippen molar-refractivity contribution in [3.05, 3.63) is 95.6 Å². The number of carbonyl (C=O) groups is 1. The number of nitrogens with zero attached hydrogens (tertiary/aromatic N) is 4. The molecule has 0 saturated carbocycles. The van der Waals surface area contributed by atoms with Crippen molar-refractivity contribution in [2.24, 2.45) is 5.10 Å². The molecule has 0 bridgehead atoms. The van der Waals surface area contributed by atoms with Gasteiger partial charge in [0.25, 0.3) is 5.91 Å². The van der Waals surface area contributed by atoms with Crippen molar-refractivity contribution in [3.63, 3.8) is 0 Å². The largest absolute Gasteiger partial charge is 0.497 e. The molecule has 36 heavy (non-hydrogen) atoms. The van der Waals surface area contributed by atoms with E-state index in [4.69, 9.17) is 9.84 Å². The van der Waals surface area contributed by atoms with E-state index in [0.717, 1.165) is 17.0 Å². The van der Waals surface area contributed by atoms with Crippen LogP contribution in [0.3, 0.4) is 0 Å². The first-order valence-electron chi connectivity index (χ1n) is 12.0. The highest BCUT2D eigenvalue weighted by Gasteiger charge is 2.34. The van der Waals surface area contributed by atoms with Gasteiger partial charge in [-0.25, -0.2) is 13.8 Å². The number of halogens is 2. The second-order valence-corrected chi connectivity index (χ2v) is 9.00. The Kier molecular flexibility index (Phi) is 6.95. The number of piperazine rings is 1. The van der Waals surface area contributed by atoms with E-state index >= 15 is 0 Å². The lowest BCUT2D eigenvalue weighted by atomic mass is 9.98. The quantitative estimate of drug-likeness (QED) is 0.512. The Labute approximate surface area is 209 Å². The van der Waals surface area contributed by atoms with E-state index in [1.165, 1.54) is 23.2 Å². The number of amides is 1. The van der Waals surface area contributed by atoms with Gasteiger partial charge in [-0.3, -0.25) is 9.69 Å². The highest BCUT2D eigenvalue weighted by Crippen LogP contribution is 2.33. The van der Waals surface area contributed by atoms with Crippen molar-refractivity contribution in [3.8, 4) is 5.75 Å². The summed E-state index contributed by atoms with van der Waals surface area (Å²) < 4.78 is 33.5. The van der Waals surface area contributed by atoms with Crippen LogP contribution in [0, 0.1) is 11.6 Å². The maximum atomic E-state index is 14.2. The van der Waals surface area contributed by atoms with Gasteiger partial charge in [-0.1, -0.05) is 24.3 Å². The van der Waals surface area contributed by atoms with Gasteiger partial charge in [-0.15, -0.1) is 0 Å². The van der Waals surface area contributed by atoms with Crippen molar-refractivity contribution in [1.29, 1.82) is 0 Å². The van der Waals surface area contributed by atoms with Crippen molar-refractivity contribution in [2.45, 2.75) is 12.5 Å². The lowest BCUT2D eigenvalue weighted by molar-refractivity contribution is -0.134. The van der Waals surface area contributed by atoms with Crippen LogP contribution < -0.4 is 9.64 Å². The fourth-order valence-corrected chi connectivity index (χ4v) is 4.79. The first-order valence-corrected chi connectivity index (χ1v) is 12.0. The number of hydrogen-bond acceptors (Lipinski definition) is 5. The van der Waals surface area contributed by atoms with Gasteiger partial charge in [-0.2, -0.15) is 5.10 Å². The van der Waals surface area contributed by atoms with Gasteiger partial charge in [0.15, 0.2) is 0 Å². The molecule has 0 radical (unpaired) electrons. The first kappa shape index (κ1) is 23.9. The standard InChI is InChI=1S/C28H28F2N4O2/c1-36-23-11-9-20(10-12-23)25-18-27(21-5-4-6-22(29)17-21)34(31-25)28(35)19-32-13-15-33(16-14-32)26-8-3-2-7-24(26)30/h2-12,17,27H,13-16,18-19H2,1H3. The molecular weight excluding hydrogens is 462 g/mol. The highest BCUT2D eigenvalue weighted by atomic mass is 19.1. The number of benzene rings is 3. The number of anilines is 1. The molecule has 1 unspecified atom stereocenters. The Hall–Kier alpha value is -3.78. The molecule has 8 heteroatoms. The molecule has 0 aromatic heterocycles. The molecule has 2 heterocycles. The summed E-state index contributed by atoms with van der Waals surface area (Å²) >= 11 is 0. The zero-order valence-electron chi connectivity index (χ0n) is 20.1. The molecule has 0 N–H and O–H groups in total. The molecule has 1 amide bonds. The zero-order chi connectivity index (χ0) is 25.1. The van der Waals surface area contributed by atoms with E-state index in [1.54, 1.807) is 25.3 Å². The molecule has 3 aromatic carbocycles. The Bertz CT molecular complexity index is 1260. The molecule has 3 aromatic rings. The molecule has 5 rings (SSSR count). The minimum absolute atomic E-state index is 0.146. The maximum Gasteiger partial charge on any atom is 0.257 e. The topological polar surface area (TPSA) is 48.4 Å². The summed E-state index contributed by atoms with van der Waals surface area (Å²) in [5.41, 5.74) is 2.96. The molecule has 186 valence electrons. The van der Waals surface area contributed by atoms with Crippen LogP contribution in [0.4, 0.5) is 14.5 Å². The molecule has 2 aliphatic heterocycles. The van der Waals surface area contributed by atoms with Gasteiger partial charge in [0.1, 0.15) is 17.4 Å². The van der Waals surface area contributed by atoms with Crippen LogP contribution in [0.1, 0.15) is 23.6 Å². The fraction of sp³-hybridized carbons (Fsp3) is 0.286. The fourth-order valence-electron chi connectivity index (χ4n) is 4.79. The van der Waals surface area contributed by atoms with Crippen LogP contribution >= 0.6 is 0 Å². The monoisotopic (exact) mass is 490 g/mol. The average Bonchev–Trinajstić information content (AvgIpc) is 3.35. The molecule has 2 aliphatic rings. The summed E-state index contributed by atoms with van der Waals surface area (Å²) in [5, 5.41) is 6.19. The zero-order valence-corrected chi connectivity index (χ0v) is 20.1. The maximum absolute atomic E-state index is 14.2. The van der Waals surface area contributed by atoms with Crippen LogP contribution in [-0.4, -0.2) is 61.4 Å². The predicted molar refractivity (Wildman–Crippen MR) is 135 cm³/mol. The summed E-state index contributed by atoms with van der Waals surface area (Å²) in [4.78, 5) is 17.5. The smallest absolute Gasteiger partial charge is 0.257 e. The number of hydrogen-bond donors (Lipinski definition) is 0. The summed E-state index contributed by atoms with van der Waals surface area (Å²) in [7, 11) is 1.61. The Balaban J connectivity index is 1.31. The van der Waals surface area contributed by atoms with Crippen molar-refractivity contribution < 1.29 is 18.3 Å². The molecule has 1 fully saturated rings. The lowest BCUT2D eigenvalue weighted by Crippen LogP contribution is -2.49. The Morgan fingerprint density at radius 2 is 1.72 bits per heavy atom. The van der Waals surface area contributed by atoms with E-state index < -0.39 is 0 Å². The van der Waals surface area contributed by atoms with Crippen molar-refractivity contribution in [2.75, 3.05) is 44.7 Å². The van der Waals surface area contributed by atoms with Crippen molar-refractivity contribution in [1.82, 2.24) is 9.91 Å². The summed E-state index contributed by atoms with van der Waals surface area (Å²) in [6.07, 6.45) is 0.489. The highest BCUT2D eigenvalue weighted by molar-refractivity contribution is 6.03. The third-order valence-electron chi connectivity index (χ3n) is 6.75. The van der Waals surface area contributed by atoms with Gasteiger partial charge in [0, 0.05) is 32.6 Å².